The maximum atomic E-state index is 13.1. The molecule has 5 nitrogen and oxygen atoms in total. The summed E-state index contributed by atoms with van der Waals surface area (Å²) in [5, 5.41) is 2.96. The van der Waals surface area contributed by atoms with Gasteiger partial charge in [-0.1, -0.05) is 37.1 Å². The van der Waals surface area contributed by atoms with Gasteiger partial charge in [-0.3, -0.25) is 14.6 Å². The van der Waals surface area contributed by atoms with E-state index in [1.54, 1.807) is 12.3 Å². The zero-order valence-corrected chi connectivity index (χ0v) is 17.6. The predicted molar refractivity (Wildman–Crippen MR) is 121 cm³/mol. The molecule has 0 radical (unpaired) electrons. The summed E-state index contributed by atoms with van der Waals surface area (Å²) < 4.78 is 0. The summed E-state index contributed by atoms with van der Waals surface area (Å²) in [6.45, 7) is 2.57. The number of nitrogens with one attached hydrogen (secondary N) is 1. The van der Waals surface area contributed by atoms with E-state index in [0.717, 1.165) is 35.2 Å². The van der Waals surface area contributed by atoms with Crippen molar-refractivity contribution in [3.63, 3.8) is 0 Å². The Labute approximate surface area is 182 Å². The Morgan fingerprint density at radius 2 is 1.81 bits per heavy atom. The lowest BCUT2D eigenvalue weighted by Crippen LogP contribution is -2.33. The Morgan fingerprint density at radius 1 is 1.03 bits per heavy atom. The summed E-state index contributed by atoms with van der Waals surface area (Å²) >= 11 is 0. The number of carbonyl (C=O) groups excluding carboxylic acids is 2. The van der Waals surface area contributed by atoms with Crippen molar-refractivity contribution < 1.29 is 9.59 Å². The van der Waals surface area contributed by atoms with Crippen LogP contribution < -0.4 is 5.32 Å². The Kier molecular flexibility index (Phi) is 5.02. The third kappa shape index (κ3) is 3.72. The highest BCUT2D eigenvalue weighted by Gasteiger charge is 2.36. The van der Waals surface area contributed by atoms with Gasteiger partial charge >= 0.3 is 0 Å². The largest absolute Gasteiger partial charge is 0.331 e. The lowest BCUT2D eigenvalue weighted by molar-refractivity contribution is 0.0704. The number of fused-ring (bicyclic) bond motifs is 1. The van der Waals surface area contributed by atoms with Crippen molar-refractivity contribution in [1.29, 1.82) is 0 Å². The average Bonchev–Trinajstić information content (AvgIpc) is 3.42. The minimum Gasteiger partial charge on any atom is -0.331 e. The summed E-state index contributed by atoms with van der Waals surface area (Å²) in [5.41, 5.74) is 5.79. The molecule has 2 aromatic carbocycles. The molecular weight excluding hydrogens is 386 g/mol. The molecule has 0 spiro atoms. The molecule has 0 atom stereocenters. The van der Waals surface area contributed by atoms with E-state index in [1.807, 2.05) is 60.4 Å². The van der Waals surface area contributed by atoms with Gasteiger partial charge in [0.25, 0.3) is 11.8 Å². The van der Waals surface area contributed by atoms with Crippen LogP contribution in [0, 0.1) is 6.92 Å². The van der Waals surface area contributed by atoms with E-state index in [-0.39, 0.29) is 11.8 Å². The van der Waals surface area contributed by atoms with E-state index < -0.39 is 0 Å². The molecule has 1 N–H and O–H groups in total. The topological polar surface area (TPSA) is 62.3 Å². The minimum absolute atomic E-state index is 0.00365. The first-order valence-corrected chi connectivity index (χ1v) is 10.9. The highest BCUT2D eigenvalue weighted by Crippen LogP contribution is 2.33. The van der Waals surface area contributed by atoms with Crippen LogP contribution in [-0.4, -0.2) is 27.7 Å². The summed E-state index contributed by atoms with van der Waals surface area (Å²) in [7, 11) is 0. The first-order valence-electron chi connectivity index (χ1n) is 10.9. The summed E-state index contributed by atoms with van der Waals surface area (Å²) in [4.78, 5) is 32.4. The third-order valence-corrected chi connectivity index (χ3v) is 6.35. The van der Waals surface area contributed by atoms with Crippen LogP contribution in [0.4, 0.5) is 5.69 Å². The van der Waals surface area contributed by atoms with Gasteiger partial charge in [0.05, 0.1) is 11.1 Å². The number of carbonyl (C=O) groups is 2. The number of hydrogen-bond acceptors (Lipinski definition) is 3. The van der Waals surface area contributed by atoms with Crippen molar-refractivity contribution >= 4 is 17.5 Å². The van der Waals surface area contributed by atoms with E-state index in [4.69, 9.17) is 0 Å². The second kappa shape index (κ2) is 7.99. The number of aromatic nitrogens is 1. The average molecular weight is 412 g/mol. The Bertz CT molecular complexity index is 1150. The van der Waals surface area contributed by atoms with Gasteiger partial charge < -0.3 is 10.2 Å². The second-order valence-electron chi connectivity index (χ2n) is 8.43. The minimum atomic E-state index is -0.244. The molecule has 0 unspecified atom stereocenters. The quantitative estimate of drug-likeness (QED) is 0.641. The van der Waals surface area contributed by atoms with E-state index in [2.05, 4.69) is 10.3 Å². The number of benzene rings is 2. The van der Waals surface area contributed by atoms with Crippen LogP contribution >= 0.6 is 0 Å². The molecule has 1 fully saturated rings. The number of rotatable bonds is 4. The number of pyridine rings is 1. The van der Waals surface area contributed by atoms with Crippen LogP contribution in [-0.2, 0) is 6.54 Å². The zero-order valence-electron chi connectivity index (χ0n) is 17.6. The highest BCUT2D eigenvalue weighted by molar-refractivity contribution is 6.13. The molecular formula is C26H25N3O2. The van der Waals surface area contributed by atoms with Crippen molar-refractivity contribution in [3.05, 3.63) is 83.2 Å². The van der Waals surface area contributed by atoms with Gasteiger partial charge in [0.15, 0.2) is 0 Å². The maximum absolute atomic E-state index is 13.1. The Morgan fingerprint density at radius 3 is 2.55 bits per heavy atom. The number of hydrogen-bond donors (Lipinski definition) is 1. The van der Waals surface area contributed by atoms with Gasteiger partial charge in [-0.15, -0.1) is 0 Å². The highest BCUT2D eigenvalue weighted by atomic mass is 16.2. The molecule has 3 aromatic rings. The van der Waals surface area contributed by atoms with Gasteiger partial charge in [-0.05, 0) is 66.8 Å². The SMILES string of the molecule is Cc1cc(-c2ccc(NC(=O)c3cccc4c3C(=O)N(C3CCCC3)C4)cc2)ccn1. The fraction of sp³-hybridized carbons (Fsp3) is 0.269. The van der Waals surface area contributed by atoms with E-state index in [1.165, 1.54) is 12.8 Å². The first-order chi connectivity index (χ1) is 15.1. The third-order valence-electron chi connectivity index (χ3n) is 6.35. The molecule has 5 rings (SSSR count). The Hall–Kier alpha value is -3.47. The smallest absolute Gasteiger partial charge is 0.256 e. The van der Waals surface area contributed by atoms with E-state index >= 15 is 0 Å². The molecule has 2 amide bonds. The normalized spacial score (nSPS) is 15.9. The van der Waals surface area contributed by atoms with Crippen molar-refractivity contribution in [2.24, 2.45) is 0 Å². The monoisotopic (exact) mass is 411 g/mol. The predicted octanol–water partition coefficient (Wildman–Crippen LogP) is 5.21. The molecule has 1 saturated carbocycles. The molecule has 1 aliphatic heterocycles. The van der Waals surface area contributed by atoms with Crippen molar-refractivity contribution in [2.45, 2.75) is 45.2 Å². The number of amides is 2. The van der Waals surface area contributed by atoms with Crippen molar-refractivity contribution in [1.82, 2.24) is 9.88 Å². The first kappa shape index (κ1) is 19.5. The fourth-order valence-electron chi connectivity index (χ4n) is 4.75. The number of aryl methyl sites for hydroxylation is 1. The number of nitrogens with zero attached hydrogens (tertiary/aromatic N) is 2. The molecule has 156 valence electrons. The molecule has 5 heteroatoms. The van der Waals surface area contributed by atoms with Crippen molar-refractivity contribution in [3.8, 4) is 11.1 Å². The van der Waals surface area contributed by atoms with Gasteiger partial charge in [0.1, 0.15) is 0 Å². The molecule has 2 heterocycles. The molecule has 1 aliphatic carbocycles. The Balaban J connectivity index is 1.35. The molecule has 1 aromatic heterocycles. The van der Waals surface area contributed by atoms with Crippen LogP contribution in [0.5, 0.6) is 0 Å². The molecule has 2 aliphatic rings. The van der Waals surface area contributed by atoms with Gasteiger partial charge in [-0.25, -0.2) is 0 Å². The van der Waals surface area contributed by atoms with Gasteiger partial charge in [0.2, 0.25) is 0 Å². The van der Waals surface area contributed by atoms with Crippen LogP contribution in [0.25, 0.3) is 11.1 Å². The lowest BCUT2D eigenvalue weighted by atomic mass is 10.0. The number of anilines is 1. The standard InChI is InChI=1S/C26H25N3O2/c1-17-15-19(13-14-27-17)18-9-11-21(12-10-18)28-25(30)23-8-4-5-20-16-29(26(31)24(20)23)22-6-2-3-7-22/h4-5,8-15,22H,2-3,6-7,16H2,1H3,(H,28,30). The molecule has 0 saturated heterocycles. The fourth-order valence-corrected chi connectivity index (χ4v) is 4.75. The summed E-state index contributed by atoms with van der Waals surface area (Å²) in [6.07, 6.45) is 6.26. The van der Waals surface area contributed by atoms with Crippen molar-refractivity contribution in [2.75, 3.05) is 5.32 Å². The summed E-state index contributed by atoms with van der Waals surface area (Å²) in [6, 6.07) is 17.6. The molecule has 31 heavy (non-hydrogen) atoms. The van der Waals surface area contributed by atoms with Crippen LogP contribution in [0.15, 0.2) is 60.8 Å². The van der Waals surface area contributed by atoms with Gasteiger partial charge in [-0.2, -0.15) is 0 Å². The van der Waals surface area contributed by atoms with E-state index in [0.29, 0.717) is 29.4 Å². The van der Waals surface area contributed by atoms with Crippen LogP contribution in [0.2, 0.25) is 0 Å². The van der Waals surface area contributed by atoms with Gasteiger partial charge in [0, 0.05) is 30.2 Å². The second-order valence-corrected chi connectivity index (χ2v) is 8.43. The molecule has 0 bridgehead atoms. The van der Waals surface area contributed by atoms with Crippen LogP contribution in [0.3, 0.4) is 0 Å². The maximum Gasteiger partial charge on any atom is 0.256 e. The zero-order chi connectivity index (χ0) is 21.4. The van der Waals surface area contributed by atoms with Crippen LogP contribution in [0.1, 0.15) is 57.7 Å². The lowest BCUT2D eigenvalue weighted by Gasteiger charge is -2.23. The van der Waals surface area contributed by atoms with E-state index in [9.17, 15) is 9.59 Å². The summed E-state index contributed by atoms with van der Waals surface area (Å²) in [5.74, 6) is -0.248.